The molecule has 4 nitrogen and oxygen atoms in total. The molecule has 0 unspecified atom stereocenters. The first-order valence-corrected chi connectivity index (χ1v) is 10.9. The van der Waals surface area contributed by atoms with E-state index < -0.39 is 0 Å². The normalized spacial score (nSPS) is 15.3. The van der Waals surface area contributed by atoms with E-state index in [4.69, 9.17) is 44.6 Å². The van der Waals surface area contributed by atoms with Gasteiger partial charge in [-0.3, -0.25) is 9.69 Å². The minimum Gasteiger partial charge on any atom is -0.497 e. The number of nitrogens with zero attached hydrogens (tertiary/aromatic N) is 1. The summed E-state index contributed by atoms with van der Waals surface area (Å²) in [6.45, 7) is 0.399. The van der Waals surface area contributed by atoms with E-state index in [0.29, 0.717) is 37.3 Å². The number of thioether (sulfide) groups is 1. The van der Waals surface area contributed by atoms with E-state index in [1.165, 1.54) is 11.8 Å². The van der Waals surface area contributed by atoms with Crippen LogP contribution in [-0.2, 0) is 11.3 Å². The first-order chi connectivity index (χ1) is 14.4. The minimum absolute atomic E-state index is 0.150. The molecule has 2 heterocycles. The van der Waals surface area contributed by atoms with E-state index >= 15 is 0 Å². The third kappa shape index (κ3) is 4.42. The number of carbonyl (C=O) groups excluding carboxylic acids is 1. The topological polar surface area (TPSA) is 42.7 Å². The van der Waals surface area contributed by atoms with Gasteiger partial charge in [0, 0.05) is 16.7 Å². The summed E-state index contributed by atoms with van der Waals surface area (Å²) in [5.41, 5.74) is 1.69. The summed E-state index contributed by atoms with van der Waals surface area (Å²) in [5.74, 6) is 1.75. The first kappa shape index (κ1) is 21.0. The molecule has 152 valence electrons. The number of ether oxygens (including phenoxy) is 1. The Morgan fingerprint density at radius 1 is 1.13 bits per heavy atom. The number of benzene rings is 2. The van der Waals surface area contributed by atoms with Gasteiger partial charge >= 0.3 is 0 Å². The Bertz CT molecular complexity index is 1160. The quantitative estimate of drug-likeness (QED) is 0.304. The van der Waals surface area contributed by atoms with Gasteiger partial charge in [-0.1, -0.05) is 59.3 Å². The molecule has 1 aromatic heterocycles. The second-order valence-corrected chi connectivity index (χ2v) is 8.96. The van der Waals surface area contributed by atoms with Gasteiger partial charge in [0.1, 0.15) is 21.6 Å². The molecular formula is C22H15Cl2NO3S2. The number of halogens is 2. The zero-order valence-corrected chi connectivity index (χ0v) is 18.9. The Labute approximate surface area is 193 Å². The Morgan fingerprint density at radius 3 is 2.60 bits per heavy atom. The van der Waals surface area contributed by atoms with Gasteiger partial charge in [0.2, 0.25) is 0 Å². The molecule has 4 rings (SSSR count). The van der Waals surface area contributed by atoms with Crippen LogP contribution in [-0.4, -0.2) is 22.2 Å². The van der Waals surface area contributed by atoms with Crippen LogP contribution in [0.3, 0.4) is 0 Å². The van der Waals surface area contributed by atoms with Crippen LogP contribution in [0.15, 0.2) is 63.9 Å². The summed E-state index contributed by atoms with van der Waals surface area (Å²) in [7, 11) is 1.61. The number of methoxy groups -OCH3 is 1. The standard InChI is InChI=1S/C22H15Cl2NO3S2/c1-27-15-5-2-13(3-6-15)12-25-21(26)20(30-22(25)29)11-16-7-9-19(28-16)17-8-4-14(23)10-18(17)24/h2-11H,12H2,1H3/b20-11-. The Kier molecular flexibility index (Phi) is 6.20. The monoisotopic (exact) mass is 475 g/mol. The number of carbonyl (C=O) groups is 1. The van der Waals surface area contributed by atoms with E-state index in [2.05, 4.69) is 0 Å². The highest BCUT2D eigenvalue weighted by atomic mass is 35.5. The molecule has 1 amide bonds. The highest BCUT2D eigenvalue weighted by Crippen LogP contribution is 2.36. The molecule has 3 aromatic rings. The summed E-state index contributed by atoms with van der Waals surface area (Å²) in [6.07, 6.45) is 1.70. The van der Waals surface area contributed by atoms with E-state index in [1.54, 1.807) is 48.4 Å². The van der Waals surface area contributed by atoms with Crippen LogP contribution >= 0.6 is 47.2 Å². The summed E-state index contributed by atoms with van der Waals surface area (Å²) in [4.78, 5) is 15.0. The van der Waals surface area contributed by atoms with Gasteiger partial charge in [-0.15, -0.1) is 0 Å². The smallest absolute Gasteiger partial charge is 0.266 e. The number of rotatable bonds is 5. The summed E-state index contributed by atoms with van der Waals surface area (Å²) in [6, 6.07) is 16.3. The lowest BCUT2D eigenvalue weighted by Crippen LogP contribution is -2.27. The highest BCUT2D eigenvalue weighted by Gasteiger charge is 2.32. The number of hydrogen-bond donors (Lipinski definition) is 0. The molecule has 1 aliphatic rings. The van der Waals surface area contributed by atoms with Crippen LogP contribution in [0.2, 0.25) is 10.0 Å². The lowest BCUT2D eigenvalue weighted by molar-refractivity contribution is -0.122. The van der Waals surface area contributed by atoms with E-state index in [-0.39, 0.29) is 5.91 Å². The zero-order valence-electron chi connectivity index (χ0n) is 15.7. The van der Waals surface area contributed by atoms with Crippen LogP contribution in [0.25, 0.3) is 17.4 Å². The Morgan fingerprint density at radius 2 is 1.90 bits per heavy atom. The van der Waals surface area contributed by atoms with Crippen molar-refractivity contribution in [2.75, 3.05) is 7.11 Å². The van der Waals surface area contributed by atoms with Crippen LogP contribution < -0.4 is 4.74 Å². The second-order valence-electron chi connectivity index (χ2n) is 6.44. The Hall–Kier alpha value is -2.25. The fraction of sp³-hybridized carbons (Fsp3) is 0.0909. The molecular weight excluding hydrogens is 461 g/mol. The zero-order chi connectivity index (χ0) is 21.3. The van der Waals surface area contributed by atoms with Crippen molar-refractivity contribution in [3.8, 4) is 17.1 Å². The molecule has 1 aliphatic heterocycles. The average molecular weight is 476 g/mol. The number of hydrogen-bond acceptors (Lipinski definition) is 5. The molecule has 0 radical (unpaired) electrons. The van der Waals surface area contributed by atoms with Crippen molar-refractivity contribution in [3.05, 3.63) is 80.9 Å². The third-order valence-electron chi connectivity index (χ3n) is 4.47. The van der Waals surface area contributed by atoms with Crippen molar-refractivity contribution in [2.24, 2.45) is 0 Å². The predicted molar refractivity (Wildman–Crippen MR) is 126 cm³/mol. The van der Waals surface area contributed by atoms with Gasteiger partial charge in [-0.25, -0.2) is 0 Å². The van der Waals surface area contributed by atoms with Crippen molar-refractivity contribution >= 4 is 63.5 Å². The van der Waals surface area contributed by atoms with Crippen molar-refractivity contribution in [1.29, 1.82) is 0 Å². The van der Waals surface area contributed by atoms with Crippen molar-refractivity contribution < 1.29 is 13.9 Å². The van der Waals surface area contributed by atoms with Crippen LogP contribution in [0.1, 0.15) is 11.3 Å². The van der Waals surface area contributed by atoms with E-state index in [9.17, 15) is 4.79 Å². The summed E-state index contributed by atoms with van der Waals surface area (Å²) in [5, 5.41) is 1.05. The third-order valence-corrected chi connectivity index (χ3v) is 6.40. The van der Waals surface area contributed by atoms with Gasteiger partial charge in [-0.05, 0) is 48.0 Å². The maximum Gasteiger partial charge on any atom is 0.266 e. The van der Waals surface area contributed by atoms with Crippen molar-refractivity contribution in [2.45, 2.75) is 6.54 Å². The van der Waals surface area contributed by atoms with Gasteiger partial charge in [0.25, 0.3) is 5.91 Å². The van der Waals surface area contributed by atoms with E-state index in [1.807, 2.05) is 24.3 Å². The first-order valence-electron chi connectivity index (χ1n) is 8.88. The molecule has 0 atom stereocenters. The molecule has 0 saturated carbocycles. The molecule has 0 N–H and O–H groups in total. The SMILES string of the molecule is COc1ccc(CN2C(=O)/C(=C/c3ccc(-c4ccc(Cl)cc4Cl)o3)SC2=S)cc1. The fourth-order valence-corrected chi connectivity index (χ4v) is 4.68. The van der Waals surface area contributed by atoms with Crippen LogP contribution in [0.4, 0.5) is 0 Å². The molecule has 8 heteroatoms. The van der Waals surface area contributed by atoms with Gasteiger partial charge in [-0.2, -0.15) is 0 Å². The molecule has 0 bridgehead atoms. The minimum atomic E-state index is -0.150. The largest absolute Gasteiger partial charge is 0.497 e. The number of furan rings is 1. The molecule has 0 aliphatic carbocycles. The molecule has 2 aromatic carbocycles. The molecule has 30 heavy (non-hydrogen) atoms. The van der Waals surface area contributed by atoms with Gasteiger partial charge < -0.3 is 9.15 Å². The Balaban J connectivity index is 1.52. The van der Waals surface area contributed by atoms with Gasteiger partial charge in [0.15, 0.2) is 0 Å². The summed E-state index contributed by atoms with van der Waals surface area (Å²) >= 11 is 18.9. The lowest BCUT2D eigenvalue weighted by atomic mass is 10.2. The number of amides is 1. The maximum absolute atomic E-state index is 12.9. The predicted octanol–water partition coefficient (Wildman–Crippen LogP) is 6.66. The van der Waals surface area contributed by atoms with E-state index in [0.717, 1.165) is 16.9 Å². The maximum atomic E-state index is 12.9. The van der Waals surface area contributed by atoms with Crippen molar-refractivity contribution in [1.82, 2.24) is 4.90 Å². The fourth-order valence-electron chi connectivity index (χ4n) is 2.94. The molecule has 1 saturated heterocycles. The van der Waals surface area contributed by atoms with Gasteiger partial charge in [0.05, 0.1) is 23.6 Å². The average Bonchev–Trinajstić information content (AvgIpc) is 3.29. The molecule has 1 fully saturated rings. The number of thiocarbonyl (C=S) groups is 1. The van der Waals surface area contributed by atoms with Crippen LogP contribution in [0.5, 0.6) is 5.75 Å². The highest BCUT2D eigenvalue weighted by molar-refractivity contribution is 8.26. The van der Waals surface area contributed by atoms with Crippen LogP contribution in [0, 0.1) is 0 Å². The van der Waals surface area contributed by atoms with Crippen molar-refractivity contribution in [3.63, 3.8) is 0 Å². The lowest BCUT2D eigenvalue weighted by Gasteiger charge is -2.14. The molecule has 0 spiro atoms. The second kappa shape index (κ2) is 8.86. The summed E-state index contributed by atoms with van der Waals surface area (Å²) < 4.78 is 11.5.